The topological polar surface area (TPSA) is 71.8 Å². The molecule has 0 atom stereocenters. The van der Waals surface area contributed by atoms with Crippen LogP contribution in [0, 0.1) is 0 Å². The molecule has 2 aromatic rings. The highest BCUT2D eigenvalue weighted by Gasteiger charge is 2.33. The zero-order chi connectivity index (χ0) is 16.3. The maximum absolute atomic E-state index is 12.7. The van der Waals surface area contributed by atoms with Crippen molar-refractivity contribution in [2.45, 2.75) is 12.7 Å². The Kier molecular flexibility index (Phi) is 4.55. The normalized spacial score (nSPS) is 11.3. The van der Waals surface area contributed by atoms with Crippen molar-refractivity contribution in [3.05, 3.63) is 40.9 Å². The second-order valence-electron chi connectivity index (χ2n) is 4.30. The largest absolute Gasteiger partial charge is 0.417 e. The van der Waals surface area contributed by atoms with E-state index in [0.717, 1.165) is 12.1 Å². The summed E-state index contributed by atoms with van der Waals surface area (Å²) in [7, 11) is 1.65. The Bertz CT molecular complexity index is 686. The Morgan fingerprint density at radius 1 is 1.41 bits per heavy atom. The number of nitrogens with one attached hydrogen (secondary N) is 2. The fourth-order valence-electron chi connectivity index (χ4n) is 1.64. The molecule has 0 saturated heterocycles. The van der Waals surface area contributed by atoms with Crippen LogP contribution in [-0.2, 0) is 19.8 Å². The Morgan fingerprint density at radius 2 is 2.14 bits per heavy atom. The van der Waals surface area contributed by atoms with Crippen LogP contribution in [0.3, 0.4) is 0 Å². The lowest BCUT2D eigenvalue weighted by Crippen LogP contribution is -2.29. The molecule has 1 heterocycles. The number of alkyl halides is 3. The zero-order valence-electron chi connectivity index (χ0n) is 11.3. The number of halogens is 4. The van der Waals surface area contributed by atoms with Crippen LogP contribution in [-0.4, -0.2) is 20.8 Å². The maximum Gasteiger partial charge on any atom is 0.417 e. The summed E-state index contributed by atoms with van der Waals surface area (Å²) in [4.78, 5) is 15.6. The molecule has 0 aliphatic heterocycles. The third-order valence-corrected chi connectivity index (χ3v) is 3.07. The summed E-state index contributed by atoms with van der Waals surface area (Å²) in [5.41, 5.74) is -1.03. The van der Waals surface area contributed by atoms with Gasteiger partial charge in [-0.15, -0.1) is 0 Å². The lowest BCUT2D eigenvalue weighted by Gasteiger charge is -2.12. The summed E-state index contributed by atoms with van der Waals surface area (Å²) in [6.07, 6.45) is -3.27. The van der Waals surface area contributed by atoms with Gasteiger partial charge < -0.3 is 10.6 Å². The minimum absolute atomic E-state index is 0.0211. The standard InChI is InChI=1S/C12H11ClF3N5O/c1-21-10(18-6-19-21)5-17-11(22)20-7-2-3-9(13)8(4-7)12(14,15)16/h2-4,6H,5H2,1H3,(H2,17,20,22). The molecule has 6 nitrogen and oxygen atoms in total. The highest BCUT2D eigenvalue weighted by atomic mass is 35.5. The molecule has 0 bridgehead atoms. The monoisotopic (exact) mass is 333 g/mol. The predicted molar refractivity (Wildman–Crippen MR) is 73.3 cm³/mol. The minimum Gasteiger partial charge on any atom is -0.331 e. The number of aryl methyl sites for hydroxylation is 1. The fourth-order valence-corrected chi connectivity index (χ4v) is 1.86. The average Bonchev–Trinajstić information content (AvgIpc) is 2.83. The molecular formula is C12H11ClF3N5O. The number of nitrogens with zero attached hydrogens (tertiary/aromatic N) is 3. The molecule has 0 fully saturated rings. The summed E-state index contributed by atoms with van der Waals surface area (Å²) in [5.74, 6) is 0.502. The van der Waals surface area contributed by atoms with E-state index >= 15 is 0 Å². The summed E-state index contributed by atoms with van der Waals surface area (Å²) in [6, 6.07) is 2.45. The van der Waals surface area contributed by atoms with Crippen molar-refractivity contribution in [3.8, 4) is 0 Å². The quantitative estimate of drug-likeness (QED) is 0.907. The van der Waals surface area contributed by atoms with Crippen LogP contribution in [0.15, 0.2) is 24.5 Å². The van der Waals surface area contributed by atoms with Crippen molar-refractivity contribution < 1.29 is 18.0 Å². The van der Waals surface area contributed by atoms with Gasteiger partial charge >= 0.3 is 12.2 Å². The number of aromatic nitrogens is 3. The Labute approximate surface area is 128 Å². The molecule has 1 aromatic carbocycles. The van der Waals surface area contributed by atoms with Gasteiger partial charge in [0.1, 0.15) is 12.2 Å². The number of benzene rings is 1. The van der Waals surface area contributed by atoms with Gasteiger partial charge in [-0.3, -0.25) is 4.68 Å². The smallest absolute Gasteiger partial charge is 0.331 e. The Balaban J connectivity index is 2.01. The number of hydrogen-bond acceptors (Lipinski definition) is 3. The van der Waals surface area contributed by atoms with Gasteiger partial charge in [0.05, 0.1) is 17.1 Å². The van der Waals surface area contributed by atoms with Crippen molar-refractivity contribution in [1.82, 2.24) is 20.1 Å². The first-order valence-electron chi connectivity index (χ1n) is 6.02. The van der Waals surface area contributed by atoms with Crippen LogP contribution in [0.4, 0.5) is 23.7 Å². The SMILES string of the molecule is Cn1ncnc1CNC(=O)Nc1ccc(Cl)c(C(F)(F)F)c1. The molecule has 2 rings (SSSR count). The molecule has 0 unspecified atom stereocenters. The van der Waals surface area contributed by atoms with Gasteiger partial charge in [-0.1, -0.05) is 11.6 Å². The average molecular weight is 334 g/mol. The molecule has 0 spiro atoms. The third kappa shape index (κ3) is 3.88. The molecule has 0 aliphatic rings. The second kappa shape index (κ2) is 6.22. The van der Waals surface area contributed by atoms with E-state index in [0.29, 0.717) is 5.82 Å². The lowest BCUT2D eigenvalue weighted by atomic mass is 10.2. The van der Waals surface area contributed by atoms with E-state index in [1.54, 1.807) is 7.05 Å². The number of rotatable bonds is 3. The summed E-state index contributed by atoms with van der Waals surface area (Å²) < 4.78 is 39.6. The summed E-state index contributed by atoms with van der Waals surface area (Å²) >= 11 is 5.50. The van der Waals surface area contributed by atoms with Gasteiger partial charge in [-0.2, -0.15) is 18.3 Å². The van der Waals surface area contributed by atoms with Crippen molar-refractivity contribution in [2.75, 3.05) is 5.32 Å². The molecule has 10 heteroatoms. The molecule has 0 aliphatic carbocycles. The first-order chi connectivity index (χ1) is 10.3. The minimum atomic E-state index is -4.59. The van der Waals surface area contributed by atoms with Crippen LogP contribution in [0.5, 0.6) is 0 Å². The van der Waals surface area contributed by atoms with Gasteiger partial charge in [0.2, 0.25) is 0 Å². The van der Waals surface area contributed by atoms with Crippen LogP contribution in [0.2, 0.25) is 5.02 Å². The number of hydrogen-bond donors (Lipinski definition) is 2. The van der Waals surface area contributed by atoms with E-state index in [1.807, 2.05) is 0 Å². The van der Waals surface area contributed by atoms with Crippen LogP contribution < -0.4 is 10.6 Å². The molecule has 0 radical (unpaired) electrons. The van der Waals surface area contributed by atoms with E-state index in [1.165, 1.54) is 17.1 Å². The zero-order valence-corrected chi connectivity index (χ0v) is 12.0. The van der Waals surface area contributed by atoms with Gasteiger partial charge in [0.15, 0.2) is 0 Å². The van der Waals surface area contributed by atoms with E-state index in [9.17, 15) is 18.0 Å². The number of carbonyl (C=O) groups excluding carboxylic acids is 1. The first kappa shape index (κ1) is 16.1. The van der Waals surface area contributed by atoms with E-state index in [-0.39, 0.29) is 12.2 Å². The fraction of sp³-hybridized carbons (Fsp3) is 0.250. The molecule has 2 amide bonds. The molecular weight excluding hydrogens is 323 g/mol. The van der Waals surface area contributed by atoms with Crippen LogP contribution in [0.1, 0.15) is 11.4 Å². The highest BCUT2D eigenvalue weighted by Crippen LogP contribution is 2.36. The lowest BCUT2D eigenvalue weighted by molar-refractivity contribution is -0.137. The number of amides is 2. The molecule has 118 valence electrons. The van der Waals surface area contributed by atoms with Gasteiger partial charge in [-0.05, 0) is 18.2 Å². The van der Waals surface area contributed by atoms with Gasteiger partial charge in [0.25, 0.3) is 0 Å². The molecule has 2 N–H and O–H groups in total. The van der Waals surface area contributed by atoms with Crippen molar-refractivity contribution in [1.29, 1.82) is 0 Å². The summed E-state index contributed by atoms with van der Waals surface area (Å²) in [6.45, 7) is 0.0854. The summed E-state index contributed by atoms with van der Waals surface area (Å²) in [5, 5.41) is 8.15. The number of anilines is 1. The van der Waals surface area contributed by atoms with E-state index in [2.05, 4.69) is 20.7 Å². The molecule has 22 heavy (non-hydrogen) atoms. The van der Waals surface area contributed by atoms with Crippen LogP contribution >= 0.6 is 11.6 Å². The number of carbonyl (C=O) groups is 1. The predicted octanol–water partition coefficient (Wildman–Crippen LogP) is 2.81. The molecule has 0 saturated carbocycles. The second-order valence-corrected chi connectivity index (χ2v) is 4.71. The van der Waals surface area contributed by atoms with E-state index < -0.39 is 22.8 Å². The van der Waals surface area contributed by atoms with Gasteiger partial charge in [0, 0.05) is 12.7 Å². The Hall–Kier alpha value is -2.29. The van der Waals surface area contributed by atoms with Crippen molar-refractivity contribution in [2.24, 2.45) is 7.05 Å². The maximum atomic E-state index is 12.7. The van der Waals surface area contributed by atoms with E-state index in [4.69, 9.17) is 11.6 Å². The molecule has 1 aromatic heterocycles. The van der Waals surface area contributed by atoms with Gasteiger partial charge in [-0.25, -0.2) is 9.78 Å². The van der Waals surface area contributed by atoms with Crippen molar-refractivity contribution in [3.63, 3.8) is 0 Å². The van der Waals surface area contributed by atoms with Crippen LogP contribution in [0.25, 0.3) is 0 Å². The third-order valence-electron chi connectivity index (χ3n) is 2.74. The first-order valence-corrected chi connectivity index (χ1v) is 6.39. The Morgan fingerprint density at radius 3 is 2.73 bits per heavy atom. The number of urea groups is 1. The van der Waals surface area contributed by atoms with Crippen molar-refractivity contribution >= 4 is 23.3 Å². The highest BCUT2D eigenvalue weighted by molar-refractivity contribution is 6.31.